The van der Waals surface area contributed by atoms with Crippen molar-refractivity contribution < 1.29 is 14.6 Å². The van der Waals surface area contributed by atoms with Gasteiger partial charge in [-0.15, -0.1) is 0 Å². The van der Waals surface area contributed by atoms with Gasteiger partial charge in [0.15, 0.2) is 0 Å². The molecule has 0 aliphatic carbocycles. The number of hydrogen-bond acceptors (Lipinski definition) is 2. The standard InChI is InChI=1S/C14H11BrO3/c1-9-4-2-3-5-12(9)18-13-7-6-10(15)8-11(13)14(16)17/h2-8H,1H3,(H,16,17). The summed E-state index contributed by atoms with van der Waals surface area (Å²) in [5.74, 6) is -0.0257. The van der Waals surface area contributed by atoms with E-state index in [1.165, 1.54) is 6.07 Å². The molecule has 4 heteroatoms. The van der Waals surface area contributed by atoms with Gasteiger partial charge in [-0.25, -0.2) is 4.79 Å². The van der Waals surface area contributed by atoms with E-state index in [9.17, 15) is 4.79 Å². The third-order valence-corrected chi connectivity index (χ3v) is 2.98. The Kier molecular flexibility index (Phi) is 3.67. The predicted molar refractivity (Wildman–Crippen MR) is 72.4 cm³/mol. The Balaban J connectivity index is 2.41. The molecular weight excluding hydrogens is 296 g/mol. The summed E-state index contributed by atoms with van der Waals surface area (Å²) < 4.78 is 6.36. The fourth-order valence-electron chi connectivity index (χ4n) is 1.55. The lowest BCUT2D eigenvalue weighted by atomic mass is 10.2. The third kappa shape index (κ3) is 2.71. The topological polar surface area (TPSA) is 46.5 Å². The molecule has 0 atom stereocenters. The predicted octanol–water partition coefficient (Wildman–Crippen LogP) is 4.25. The van der Waals surface area contributed by atoms with Gasteiger partial charge in [-0.2, -0.15) is 0 Å². The molecule has 0 radical (unpaired) electrons. The molecule has 0 aromatic heterocycles. The molecule has 0 unspecified atom stereocenters. The molecule has 0 saturated heterocycles. The van der Waals surface area contributed by atoms with Gasteiger partial charge in [-0.3, -0.25) is 0 Å². The second kappa shape index (κ2) is 5.23. The minimum Gasteiger partial charge on any atom is -0.478 e. The fraction of sp³-hybridized carbons (Fsp3) is 0.0714. The van der Waals surface area contributed by atoms with Crippen molar-refractivity contribution >= 4 is 21.9 Å². The van der Waals surface area contributed by atoms with E-state index in [0.717, 1.165) is 5.56 Å². The molecule has 92 valence electrons. The Morgan fingerprint density at radius 1 is 1.17 bits per heavy atom. The number of halogens is 1. The van der Waals surface area contributed by atoms with Crippen LogP contribution in [0.25, 0.3) is 0 Å². The number of carboxylic acid groups (broad SMARTS) is 1. The number of benzene rings is 2. The highest BCUT2D eigenvalue weighted by molar-refractivity contribution is 9.10. The van der Waals surface area contributed by atoms with Crippen LogP contribution in [0.3, 0.4) is 0 Å². The van der Waals surface area contributed by atoms with Gasteiger partial charge in [0.1, 0.15) is 17.1 Å². The average Bonchev–Trinajstić information content (AvgIpc) is 2.34. The van der Waals surface area contributed by atoms with Crippen LogP contribution in [0, 0.1) is 6.92 Å². The highest BCUT2D eigenvalue weighted by Crippen LogP contribution is 2.29. The van der Waals surface area contributed by atoms with Gasteiger partial charge in [0.05, 0.1) is 0 Å². The quantitative estimate of drug-likeness (QED) is 0.922. The lowest BCUT2D eigenvalue weighted by Crippen LogP contribution is -2.00. The number of aryl methyl sites for hydroxylation is 1. The van der Waals surface area contributed by atoms with Crippen LogP contribution < -0.4 is 4.74 Å². The minimum absolute atomic E-state index is 0.132. The maximum Gasteiger partial charge on any atom is 0.339 e. The normalized spacial score (nSPS) is 10.1. The van der Waals surface area contributed by atoms with E-state index in [1.54, 1.807) is 12.1 Å². The van der Waals surface area contributed by atoms with Gasteiger partial charge in [0.2, 0.25) is 0 Å². The number of aromatic carboxylic acids is 1. The Hall–Kier alpha value is -1.81. The Morgan fingerprint density at radius 2 is 1.89 bits per heavy atom. The molecule has 0 bridgehead atoms. The van der Waals surface area contributed by atoms with Crippen LogP contribution in [0.2, 0.25) is 0 Å². The van der Waals surface area contributed by atoms with Gasteiger partial charge in [0.25, 0.3) is 0 Å². The van der Waals surface area contributed by atoms with Crippen molar-refractivity contribution in [2.24, 2.45) is 0 Å². The molecule has 0 aliphatic heterocycles. The van der Waals surface area contributed by atoms with Crippen molar-refractivity contribution in [3.8, 4) is 11.5 Å². The van der Waals surface area contributed by atoms with Crippen LogP contribution in [0.4, 0.5) is 0 Å². The molecule has 2 rings (SSSR count). The van der Waals surface area contributed by atoms with Crippen molar-refractivity contribution in [3.63, 3.8) is 0 Å². The molecule has 0 fully saturated rings. The summed E-state index contributed by atoms with van der Waals surface area (Å²) in [6.45, 7) is 1.91. The van der Waals surface area contributed by atoms with Crippen LogP contribution in [-0.4, -0.2) is 11.1 Å². The van der Waals surface area contributed by atoms with Crippen LogP contribution in [0.1, 0.15) is 15.9 Å². The second-order valence-corrected chi connectivity index (χ2v) is 4.73. The van der Waals surface area contributed by atoms with E-state index in [1.807, 2.05) is 31.2 Å². The first-order chi connectivity index (χ1) is 8.58. The lowest BCUT2D eigenvalue weighted by Gasteiger charge is -2.11. The summed E-state index contributed by atoms with van der Waals surface area (Å²) in [4.78, 5) is 11.1. The fourth-order valence-corrected chi connectivity index (χ4v) is 1.91. The highest BCUT2D eigenvalue weighted by Gasteiger charge is 2.13. The van der Waals surface area contributed by atoms with Gasteiger partial charge in [-0.05, 0) is 36.8 Å². The highest BCUT2D eigenvalue weighted by atomic mass is 79.9. The molecule has 0 amide bonds. The number of hydrogen-bond donors (Lipinski definition) is 1. The third-order valence-electron chi connectivity index (χ3n) is 2.49. The maximum absolute atomic E-state index is 11.1. The van der Waals surface area contributed by atoms with Crippen LogP contribution in [0.5, 0.6) is 11.5 Å². The summed E-state index contributed by atoms with van der Waals surface area (Å²) in [6.07, 6.45) is 0. The summed E-state index contributed by atoms with van der Waals surface area (Å²) in [7, 11) is 0. The van der Waals surface area contributed by atoms with Crippen molar-refractivity contribution in [2.45, 2.75) is 6.92 Å². The molecule has 0 spiro atoms. The number of ether oxygens (including phenoxy) is 1. The zero-order valence-electron chi connectivity index (χ0n) is 9.68. The van der Waals surface area contributed by atoms with Crippen molar-refractivity contribution in [1.29, 1.82) is 0 Å². The first kappa shape index (κ1) is 12.6. The Morgan fingerprint density at radius 3 is 2.56 bits per heavy atom. The summed E-state index contributed by atoms with van der Waals surface area (Å²) >= 11 is 3.25. The lowest BCUT2D eigenvalue weighted by molar-refractivity contribution is 0.0694. The van der Waals surface area contributed by atoms with Crippen molar-refractivity contribution in [3.05, 3.63) is 58.1 Å². The number of carbonyl (C=O) groups is 1. The van der Waals surface area contributed by atoms with E-state index in [2.05, 4.69) is 15.9 Å². The molecule has 2 aromatic rings. The number of rotatable bonds is 3. The number of para-hydroxylation sites is 1. The Bertz CT molecular complexity index is 593. The maximum atomic E-state index is 11.1. The first-order valence-electron chi connectivity index (χ1n) is 5.34. The van der Waals surface area contributed by atoms with Crippen LogP contribution in [0.15, 0.2) is 46.9 Å². The SMILES string of the molecule is Cc1ccccc1Oc1ccc(Br)cc1C(=O)O. The van der Waals surface area contributed by atoms with E-state index < -0.39 is 5.97 Å². The molecule has 0 saturated carbocycles. The first-order valence-corrected chi connectivity index (χ1v) is 6.13. The van der Waals surface area contributed by atoms with Crippen molar-refractivity contribution in [2.75, 3.05) is 0 Å². The zero-order chi connectivity index (χ0) is 13.1. The molecule has 3 nitrogen and oxygen atoms in total. The molecular formula is C14H11BrO3. The minimum atomic E-state index is -1.01. The molecule has 0 heterocycles. The summed E-state index contributed by atoms with van der Waals surface area (Å²) in [6, 6.07) is 12.4. The summed E-state index contributed by atoms with van der Waals surface area (Å²) in [5.41, 5.74) is 1.09. The van der Waals surface area contributed by atoms with Crippen LogP contribution >= 0.6 is 15.9 Å². The van der Waals surface area contributed by atoms with E-state index in [4.69, 9.17) is 9.84 Å². The molecule has 1 N–H and O–H groups in total. The molecule has 18 heavy (non-hydrogen) atoms. The van der Waals surface area contributed by atoms with Gasteiger partial charge in [0, 0.05) is 4.47 Å². The van der Waals surface area contributed by atoms with E-state index in [0.29, 0.717) is 16.0 Å². The monoisotopic (exact) mass is 306 g/mol. The van der Waals surface area contributed by atoms with Gasteiger partial charge in [-0.1, -0.05) is 34.1 Å². The van der Waals surface area contributed by atoms with E-state index in [-0.39, 0.29) is 5.56 Å². The Labute approximate surface area is 113 Å². The zero-order valence-corrected chi connectivity index (χ0v) is 11.3. The molecule has 2 aromatic carbocycles. The smallest absolute Gasteiger partial charge is 0.339 e. The van der Waals surface area contributed by atoms with Gasteiger partial charge >= 0.3 is 5.97 Å². The second-order valence-electron chi connectivity index (χ2n) is 3.81. The molecule has 0 aliphatic rings. The number of carboxylic acids is 1. The van der Waals surface area contributed by atoms with Gasteiger partial charge < -0.3 is 9.84 Å². The van der Waals surface area contributed by atoms with Crippen LogP contribution in [-0.2, 0) is 0 Å². The average molecular weight is 307 g/mol. The van der Waals surface area contributed by atoms with Crippen molar-refractivity contribution in [1.82, 2.24) is 0 Å². The van der Waals surface area contributed by atoms with E-state index >= 15 is 0 Å². The summed E-state index contributed by atoms with van der Waals surface area (Å²) in [5, 5.41) is 9.14. The largest absolute Gasteiger partial charge is 0.478 e.